The summed E-state index contributed by atoms with van der Waals surface area (Å²) in [6.07, 6.45) is 1.17. The van der Waals surface area contributed by atoms with Crippen LogP contribution in [0.25, 0.3) is 0 Å². The number of carbonyl (C=O) groups excluding carboxylic acids is 2. The fourth-order valence-electron chi connectivity index (χ4n) is 3.05. The number of nitrogens with zero attached hydrogens (tertiary/aromatic N) is 1. The smallest absolute Gasteiger partial charge is 0.251 e. The largest absolute Gasteiger partial charge is 0.352 e. The van der Waals surface area contributed by atoms with Crippen LogP contribution in [-0.4, -0.2) is 24.4 Å². The van der Waals surface area contributed by atoms with E-state index in [4.69, 9.17) is 0 Å². The van der Waals surface area contributed by atoms with Crippen molar-refractivity contribution in [2.45, 2.75) is 25.8 Å². The molecular formula is C19H19BrN2O2. The Morgan fingerprint density at radius 2 is 1.88 bits per heavy atom. The first kappa shape index (κ1) is 16.7. The molecule has 1 aliphatic heterocycles. The fraction of sp³-hybridized carbons (Fsp3) is 0.263. The van der Waals surface area contributed by atoms with Crippen LogP contribution in [0.2, 0.25) is 0 Å². The van der Waals surface area contributed by atoms with Gasteiger partial charge >= 0.3 is 0 Å². The van der Waals surface area contributed by atoms with Gasteiger partial charge in [-0.05, 0) is 49.2 Å². The van der Waals surface area contributed by atoms with E-state index >= 15 is 0 Å². The number of hydrogen-bond donors (Lipinski definition) is 1. The first-order chi connectivity index (χ1) is 11.6. The Labute approximate surface area is 150 Å². The van der Waals surface area contributed by atoms with Crippen LogP contribution in [0.1, 0.15) is 29.3 Å². The Balaban J connectivity index is 1.56. The second-order valence-corrected chi connectivity index (χ2v) is 6.87. The van der Waals surface area contributed by atoms with Crippen LogP contribution in [0.3, 0.4) is 0 Å². The zero-order valence-electron chi connectivity index (χ0n) is 13.5. The van der Waals surface area contributed by atoms with Crippen molar-refractivity contribution in [1.82, 2.24) is 5.32 Å². The number of para-hydroxylation sites is 1. The number of carbonyl (C=O) groups is 2. The molecule has 2 aromatic carbocycles. The third-order valence-corrected chi connectivity index (χ3v) is 4.74. The summed E-state index contributed by atoms with van der Waals surface area (Å²) < 4.78 is 0.927. The quantitative estimate of drug-likeness (QED) is 0.873. The lowest BCUT2D eigenvalue weighted by atomic mass is 10.1. The highest BCUT2D eigenvalue weighted by Gasteiger charge is 2.29. The fourth-order valence-corrected chi connectivity index (χ4v) is 3.32. The summed E-state index contributed by atoms with van der Waals surface area (Å²) >= 11 is 3.34. The van der Waals surface area contributed by atoms with E-state index in [1.807, 2.05) is 35.2 Å². The van der Waals surface area contributed by atoms with E-state index in [-0.39, 0.29) is 17.9 Å². The minimum atomic E-state index is -0.162. The molecule has 1 aliphatic rings. The third-order valence-electron chi connectivity index (χ3n) is 4.21. The first-order valence-corrected chi connectivity index (χ1v) is 8.79. The second-order valence-electron chi connectivity index (χ2n) is 5.96. The van der Waals surface area contributed by atoms with Crippen molar-refractivity contribution in [1.29, 1.82) is 0 Å². The van der Waals surface area contributed by atoms with Crippen LogP contribution >= 0.6 is 15.9 Å². The number of rotatable bonds is 4. The summed E-state index contributed by atoms with van der Waals surface area (Å²) in [6.45, 7) is 2.39. The average molecular weight is 387 g/mol. The van der Waals surface area contributed by atoms with Gasteiger partial charge in [-0.3, -0.25) is 9.59 Å². The molecule has 0 saturated carbocycles. The highest BCUT2D eigenvalue weighted by molar-refractivity contribution is 9.10. The Hall–Kier alpha value is -2.14. The molecular weight excluding hydrogens is 368 g/mol. The van der Waals surface area contributed by atoms with Crippen molar-refractivity contribution < 1.29 is 9.59 Å². The van der Waals surface area contributed by atoms with Gasteiger partial charge in [-0.1, -0.05) is 34.1 Å². The van der Waals surface area contributed by atoms with Gasteiger partial charge in [0.1, 0.15) is 0 Å². The molecule has 0 saturated heterocycles. The predicted octanol–water partition coefficient (Wildman–Crippen LogP) is 3.55. The highest BCUT2D eigenvalue weighted by atomic mass is 79.9. The Morgan fingerprint density at radius 1 is 1.17 bits per heavy atom. The molecule has 0 unspecified atom stereocenters. The molecule has 124 valence electrons. The van der Waals surface area contributed by atoms with E-state index in [0.717, 1.165) is 16.6 Å². The zero-order chi connectivity index (χ0) is 17.1. The van der Waals surface area contributed by atoms with E-state index in [9.17, 15) is 9.59 Å². The number of halogens is 1. The van der Waals surface area contributed by atoms with Gasteiger partial charge in [0.05, 0.1) is 0 Å². The van der Waals surface area contributed by atoms with Crippen LogP contribution in [0.5, 0.6) is 0 Å². The van der Waals surface area contributed by atoms with Crippen molar-refractivity contribution in [3.05, 3.63) is 64.1 Å². The lowest BCUT2D eigenvalue weighted by Gasteiger charge is -2.22. The van der Waals surface area contributed by atoms with E-state index in [1.165, 1.54) is 5.56 Å². The molecule has 2 amide bonds. The molecule has 24 heavy (non-hydrogen) atoms. The number of anilines is 1. The van der Waals surface area contributed by atoms with Gasteiger partial charge in [0.15, 0.2) is 0 Å². The summed E-state index contributed by atoms with van der Waals surface area (Å²) in [6, 6.07) is 15.3. The maximum atomic E-state index is 12.5. The van der Waals surface area contributed by atoms with Crippen LogP contribution in [0.15, 0.2) is 53.0 Å². The lowest BCUT2D eigenvalue weighted by Crippen LogP contribution is -2.38. The van der Waals surface area contributed by atoms with Crippen molar-refractivity contribution in [2.24, 2.45) is 0 Å². The minimum absolute atomic E-state index is 0.0450. The average Bonchev–Trinajstić information content (AvgIpc) is 2.91. The zero-order valence-corrected chi connectivity index (χ0v) is 15.0. The van der Waals surface area contributed by atoms with Crippen molar-refractivity contribution in [3.8, 4) is 0 Å². The predicted molar refractivity (Wildman–Crippen MR) is 98.2 cm³/mol. The topological polar surface area (TPSA) is 49.4 Å². The monoisotopic (exact) mass is 386 g/mol. The van der Waals surface area contributed by atoms with Crippen LogP contribution in [0, 0.1) is 0 Å². The summed E-state index contributed by atoms with van der Waals surface area (Å²) in [5, 5.41) is 2.81. The first-order valence-electron chi connectivity index (χ1n) is 8.00. The van der Waals surface area contributed by atoms with Crippen LogP contribution in [0.4, 0.5) is 5.69 Å². The van der Waals surface area contributed by atoms with Gasteiger partial charge in [-0.2, -0.15) is 0 Å². The van der Waals surface area contributed by atoms with Gasteiger partial charge in [0.2, 0.25) is 5.91 Å². The molecule has 0 radical (unpaired) electrons. The minimum Gasteiger partial charge on any atom is -0.352 e. The van der Waals surface area contributed by atoms with E-state index in [2.05, 4.69) is 34.2 Å². The third kappa shape index (κ3) is 3.51. The van der Waals surface area contributed by atoms with E-state index in [0.29, 0.717) is 18.5 Å². The highest BCUT2D eigenvalue weighted by Crippen LogP contribution is 2.32. The second kappa shape index (κ2) is 7.18. The van der Waals surface area contributed by atoms with Gasteiger partial charge in [0, 0.05) is 34.7 Å². The molecule has 0 aliphatic carbocycles. The Kier molecular flexibility index (Phi) is 5.00. The lowest BCUT2D eigenvalue weighted by molar-refractivity contribution is -0.118. The van der Waals surface area contributed by atoms with Gasteiger partial charge in [0.25, 0.3) is 5.91 Å². The molecule has 0 spiro atoms. The van der Waals surface area contributed by atoms with Gasteiger partial charge < -0.3 is 10.2 Å². The maximum Gasteiger partial charge on any atom is 0.251 e. The molecule has 2 aromatic rings. The summed E-state index contributed by atoms with van der Waals surface area (Å²) in [7, 11) is 0. The van der Waals surface area contributed by atoms with Crippen molar-refractivity contribution in [3.63, 3.8) is 0 Å². The Morgan fingerprint density at radius 3 is 2.62 bits per heavy atom. The molecule has 1 atom stereocenters. The summed E-state index contributed by atoms with van der Waals surface area (Å²) in [5.41, 5.74) is 2.79. The summed E-state index contributed by atoms with van der Waals surface area (Å²) in [4.78, 5) is 26.5. The van der Waals surface area contributed by atoms with E-state index < -0.39 is 0 Å². The van der Waals surface area contributed by atoms with Gasteiger partial charge in [-0.15, -0.1) is 0 Å². The standard InChI is InChI=1S/C19H19BrN2O2/c1-13-12-15-4-2-3-5-17(15)22(13)18(23)10-11-21-19(24)14-6-8-16(20)9-7-14/h2-9,13H,10-12H2,1H3,(H,21,24)/t13-/m0/s1. The molecule has 1 heterocycles. The molecule has 0 fully saturated rings. The number of amides is 2. The normalized spacial score (nSPS) is 15.9. The molecule has 5 heteroatoms. The number of benzene rings is 2. The van der Waals surface area contributed by atoms with Crippen LogP contribution in [-0.2, 0) is 11.2 Å². The molecule has 3 rings (SSSR count). The Bertz CT molecular complexity index is 758. The molecule has 4 nitrogen and oxygen atoms in total. The SMILES string of the molecule is C[C@H]1Cc2ccccc2N1C(=O)CCNC(=O)c1ccc(Br)cc1. The molecule has 0 bridgehead atoms. The van der Waals surface area contributed by atoms with E-state index in [1.54, 1.807) is 12.1 Å². The molecule has 0 aromatic heterocycles. The number of fused-ring (bicyclic) bond motifs is 1. The maximum absolute atomic E-state index is 12.5. The summed E-state index contributed by atoms with van der Waals surface area (Å²) in [5.74, 6) is -0.117. The molecule has 1 N–H and O–H groups in total. The number of hydrogen-bond acceptors (Lipinski definition) is 2. The van der Waals surface area contributed by atoms with Crippen molar-refractivity contribution in [2.75, 3.05) is 11.4 Å². The van der Waals surface area contributed by atoms with Crippen molar-refractivity contribution >= 4 is 33.4 Å². The van der Waals surface area contributed by atoms with Gasteiger partial charge in [-0.25, -0.2) is 0 Å². The van der Waals surface area contributed by atoms with Crippen LogP contribution < -0.4 is 10.2 Å². The number of nitrogens with one attached hydrogen (secondary N) is 1.